The molecule has 0 aliphatic carbocycles. The number of carbonyl (C=O) groups excluding carboxylic acids is 1. The lowest BCUT2D eigenvalue weighted by molar-refractivity contribution is 0.0256. The van der Waals surface area contributed by atoms with Crippen LogP contribution in [-0.4, -0.2) is 58.1 Å². The lowest BCUT2D eigenvalue weighted by Gasteiger charge is -2.25. The lowest BCUT2D eigenvalue weighted by Crippen LogP contribution is -2.36. The molecule has 1 fully saturated rings. The molecule has 1 N–H and O–H groups in total. The number of amides is 1. The summed E-state index contributed by atoms with van der Waals surface area (Å²) >= 11 is 0. The highest BCUT2D eigenvalue weighted by atomic mass is 19.3. The molecule has 2 aliphatic heterocycles. The van der Waals surface area contributed by atoms with E-state index in [1.807, 2.05) is 43.3 Å². The molecule has 1 aromatic carbocycles. The Morgan fingerprint density at radius 1 is 1.20 bits per heavy atom. The van der Waals surface area contributed by atoms with E-state index in [2.05, 4.69) is 9.97 Å². The number of aromatic nitrogens is 3. The van der Waals surface area contributed by atoms with E-state index >= 15 is 0 Å². The van der Waals surface area contributed by atoms with Gasteiger partial charge in [-0.3, -0.25) is 0 Å². The van der Waals surface area contributed by atoms with Crippen molar-refractivity contribution < 1.29 is 18.3 Å². The SMILES string of the molecule is CCCCOC(=O)N1CCc2nc(-c3c(-c4ccccc4)ccnc3N3CCC(F)(F)C3)[nH]c2C1. The standard InChI is InChI=1S/C26H29F2N5O2/c1-2-3-15-35-25(34)32-13-10-20-21(16-32)31-23(30-20)22-19(18-7-5-4-6-8-18)9-12-29-24(22)33-14-11-26(27,28)17-33/h4-9,12H,2-3,10-11,13-17H2,1H3,(H,30,31). The van der Waals surface area contributed by atoms with Gasteiger partial charge in [-0.05, 0) is 23.6 Å². The fourth-order valence-electron chi connectivity index (χ4n) is 4.66. The molecule has 5 rings (SSSR count). The third kappa shape index (κ3) is 4.85. The molecular weight excluding hydrogens is 452 g/mol. The molecule has 9 heteroatoms. The van der Waals surface area contributed by atoms with Gasteiger partial charge in [-0.15, -0.1) is 0 Å². The molecule has 0 saturated carbocycles. The van der Waals surface area contributed by atoms with Crippen LogP contribution in [0.2, 0.25) is 0 Å². The Morgan fingerprint density at radius 3 is 2.77 bits per heavy atom. The summed E-state index contributed by atoms with van der Waals surface area (Å²) in [6, 6.07) is 11.7. The van der Waals surface area contributed by atoms with Gasteiger partial charge >= 0.3 is 6.09 Å². The van der Waals surface area contributed by atoms with Crippen LogP contribution in [0.25, 0.3) is 22.5 Å². The van der Waals surface area contributed by atoms with Gasteiger partial charge < -0.3 is 19.5 Å². The maximum atomic E-state index is 14.1. The number of alkyl halides is 2. The van der Waals surface area contributed by atoms with Crippen LogP contribution in [0.5, 0.6) is 0 Å². The van der Waals surface area contributed by atoms with Gasteiger partial charge in [0, 0.05) is 32.1 Å². The number of benzene rings is 1. The van der Waals surface area contributed by atoms with Gasteiger partial charge in [0.25, 0.3) is 5.92 Å². The normalized spacial score (nSPS) is 16.9. The molecular formula is C26H29F2N5O2. The summed E-state index contributed by atoms with van der Waals surface area (Å²) in [4.78, 5) is 28.5. The largest absolute Gasteiger partial charge is 0.449 e. The minimum atomic E-state index is -2.75. The summed E-state index contributed by atoms with van der Waals surface area (Å²) in [5.41, 5.74) is 4.22. The summed E-state index contributed by atoms with van der Waals surface area (Å²) in [6.07, 6.45) is 3.52. The summed E-state index contributed by atoms with van der Waals surface area (Å²) in [5, 5.41) is 0. The molecule has 3 aromatic rings. The number of unbranched alkanes of at least 4 members (excludes halogenated alkanes) is 1. The van der Waals surface area contributed by atoms with Crippen molar-refractivity contribution in [3.63, 3.8) is 0 Å². The van der Waals surface area contributed by atoms with Crippen LogP contribution in [0.4, 0.5) is 19.4 Å². The first-order chi connectivity index (χ1) is 16.9. The van der Waals surface area contributed by atoms with E-state index in [-0.39, 0.29) is 25.6 Å². The maximum absolute atomic E-state index is 14.1. The fraction of sp³-hybridized carbons (Fsp3) is 0.423. The van der Waals surface area contributed by atoms with Crippen LogP contribution < -0.4 is 4.90 Å². The molecule has 0 spiro atoms. The number of halogens is 2. The second-order valence-electron chi connectivity index (χ2n) is 9.10. The first-order valence-corrected chi connectivity index (χ1v) is 12.1. The van der Waals surface area contributed by atoms with Gasteiger partial charge in [0.15, 0.2) is 0 Å². The number of imidazole rings is 1. The van der Waals surface area contributed by atoms with Crippen molar-refractivity contribution in [3.05, 3.63) is 54.0 Å². The van der Waals surface area contributed by atoms with E-state index in [1.165, 1.54) is 0 Å². The van der Waals surface area contributed by atoms with Gasteiger partial charge in [-0.2, -0.15) is 0 Å². The van der Waals surface area contributed by atoms with Crippen molar-refractivity contribution >= 4 is 11.9 Å². The highest BCUT2D eigenvalue weighted by Gasteiger charge is 2.40. The molecule has 1 amide bonds. The number of ether oxygens (including phenoxy) is 1. The topological polar surface area (TPSA) is 74.3 Å². The Hall–Kier alpha value is -3.49. The van der Waals surface area contributed by atoms with Gasteiger partial charge in [-0.25, -0.2) is 23.5 Å². The average molecular weight is 482 g/mol. The van der Waals surface area contributed by atoms with Crippen LogP contribution in [0.1, 0.15) is 37.6 Å². The highest BCUT2D eigenvalue weighted by Crippen LogP contribution is 2.40. The van der Waals surface area contributed by atoms with Gasteiger partial charge in [-0.1, -0.05) is 43.7 Å². The molecule has 0 radical (unpaired) electrons. The van der Waals surface area contributed by atoms with Crippen molar-refractivity contribution in [2.75, 3.05) is 31.1 Å². The number of anilines is 1. The van der Waals surface area contributed by atoms with E-state index in [4.69, 9.17) is 9.72 Å². The minimum Gasteiger partial charge on any atom is -0.449 e. The second kappa shape index (κ2) is 9.64. The predicted octanol–water partition coefficient (Wildman–Crippen LogP) is 5.28. The number of fused-ring (bicyclic) bond motifs is 1. The lowest BCUT2D eigenvalue weighted by atomic mass is 10.00. The number of rotatable bonds is 6. The third-order valence-corrected chi connectivity index (χ3v) is 6.54. The van der Waals surface area contributed by atoms with Crippen molar-refractivity contribution in [1.29, 1.82) is 0 Å². The Bertz CT molecular complexity index is 1200. The van der Waals surface area contributed by atoms with E-state index < -0.39 is 5.92 Å². The quantitative estimate of drug-likeness (QED) is 0.485. The molecule has 4 heterocycles. The van der Waals surface area contributed by atoms with E-state index in [0.717, 1.165) is 35.4 Å². The molecule has 0 unspecified atom stereocenters. The van der Waals surface area contributed by atoms with E-state index in [9.17, 15) is 13.6 Å². The van der Waals surface area contributed by atoms with Gasteiger partial charge in [0.1, 0.15) is 11.6 Å². The number of nitrogens with one attached hydrogen (secondary N) is 1. The number of nitrogens with zero attached hydrogens (tertiary/aromatic N) is 4. The Balaban J connectivity index is 1.51. The smallest absolute Gasteiger partial charge is 0.410 e. The van der Waals surface area contributed by atoms with Crippen molar-refractivity contribution in [1.82, 2.24) is 19.9 Å². The summed E-state index contributed by atoms with van der Waals surface area (Å²) in [7, 11) is 0. The zero-order chi connectivity index (χ0) is 24.4. The Labute approximate surface area is 203 Å². The second-order valence-corrected chi connectivity index (χ2v) is 9.10. The highest BCUT2D eigenvalue weighted by molar-refractivity contribution is 5.88. The summed E-state index contributed by atoms with van der Waals surface area (Å²) in [6.45, 7) is 3.20. The van der Waals surface area contributed by atoms with Crippen LogP contribution in [0.15, 0.2) is 42.6 Å². The number of hydrogen-bond donors (Lipinski definition) is 1. The van der Waals surface area contributed by atoms with Crippen molar-refractivity contribution in [2.24, 2.45) is 0 Å². The third-order valence-electron chi connectivity index (χ3n) is 6.54. The number of carbonyl (C=O) groups is 1. The van der Waals surface area contributed by atoms with E-state index in [0.29, 0.717) is 43.3 Å². The Kier molecular flexibility index (Phi) is 6.40. The Morgan fingerprint density at radius 2 is 2.03 bits per heavy atom. The summed E-state index contributed by atoms with van der Waals surface area (Å²) < 4.78 is 33.6. The number of H-pyrrole nitrogens is 1. The maximum Gasteiger partial charge on any atom is 0.410 e. The van der Waals surface area contributed by atoms with Gasteiger partial charge in [0.2, 0.25) is 0 Å². The molecule has 2 aromatic heterocycles. The first kappa shape index (κ1) is 23.3. The summed E-state index contributed by atoms with van der Waals surface area (Å²) in [5.74, 6) is -1.68. The van der Waals surface area contributed by atoms with Crippen LogP contribution in [-0.2, 0) is 17.7 Å². The zero-order valence-corrected chi connectivity index (χ0v) is 19.8. The average Bonchev–Trinajstić information content (AvgIpc) is 3.46. The number of aromatic amines is 1. The van der Waals surface area contributed by atoms with E-state index in [1.54, 1.807) is 16.0 Å². The minimum absolute atomic E-state index is 0.201. The molecule has 184 valence electrons. The predicted molar refractivity (Wildman–Crippen MR) is 129 cm³/mol. The van der Waals surface area contributed by atoms with Crippen LogP contribution >= 0.6 is 0 Å². The fourth-order valence-corrected chi connectivity index (χ4v) is 4.66. The van der Waals surface area contributed by atoms with Crippen molar-refractivity contribution in [3.8, 4) is 22.5 Å². The number of pyridine rings is 1. The first-order valence-electron chi connectivity index (χ1n) is 12.1. The molecule has 7 nitrogen and oxygen atoms in total. The molecule has 0 bridgehead atoms. The van der Waals surface area contributed by atoms with Crippen LogP contribution in [0.3, 0.4) is 0 Å². The monoisotopic (exact) mass is 481 g/mol. The molecule has 0 atom stereocenters. The zero-order valence-electron chi connectivity index (χ0n) is 19.8. The molecule has 35 heavy (non-hydrogen) atoms. The van der Waals surface area contributed by atoms with Crippen LogP contribution in [0, 0.1) is 0 Å². The number of hydrogen-bond acceptors (Lipinski definition) is 5. The molecule has 1 saturated heterocycles. The molecule has 2 aliphatic rings. The van der Waals surface area contributed by atoms with Gasteiger partial charge in [0.05, 0.1) is 36.6 Å². The van der Waals surface area contributed by atoms with Crippen molar-refractivity contribution in [2.45, 2.75) is 45.1 Å².